The van der Waals surface area contributed by atoms with Crippen LogP contribution in [0.5, 0.6) is 0 Å². The molecule has 1 saturated carbocycles. The van der Waals surface area contributed by atoms with Crippen LogP contribution in [0.2, 0.25) is 13.1 Å². The van der Waals surface area contributed by atoms with Crippen molar-refractivity contribution in [3.8, 4) is 0 Å². The number of hydrogen-bond donors (Lipinski definition) is 1. The van der Waals surface area contributed by atoms with Gasteiger partial charge in [-0.1, -0.05) is 67.0 Å². The van der Waals surface area contributed by atoms with Gasteiger partial charge in [0.05, 0.1) is 0 Å². The van der Waals surface area contributed by atoms with Gasteiger partial charge in [-0.25, -0.2) is 4.79 Å². The van der Waals surface area contributed by atoms with Crippen LogP contribution in [0, 0.1) is 45.3 Å². The smallest absolute Gasteiger partial charge is 0.331 e. The van der Waals surface area contributed by atoms with E-state index < -0.39 is 21.1 Å². The summed E-state index contributed by atoms with van der Waals surface area (Å²) in [5.74, 6) is 1.58. The molecule has 0 saturated heterocycles. The molecule has 3 nitrogen and oxygen atoms in total. The molecular weight excluding hydrogens is 460 g/mol. The summed E-state index contributed by atoms with van der Waals surface area (Å²) in [5.41, 5.74) is 6.36. The minimum atomic E-state index is -1.04. The number of rotatable bonds is 6. The number of aliphatic carboxylic acids is 1. The highest BCUT2D eigenvalue weighted by Gasteiger charge is 2.59. The molecule has 0 aromatic carbocycles. The van der Waals surface area contributed by atoms with E-state index in [9.17, 15) is 9.90 Å². The second-order valence-electron chi connectivity index (χ2n) is 15.2. The third-order valence-electron chi connectivity index (χ3n) is 11.5. The Bertz CT molecular complexity index is 938. The van der Waals surface area contributed by atoms with Crippen LogP contribution in [0.15, 0.2) is 22.8 Å². The SMILES string of the molecule is C[C@H](CC(O[Si](C)C)C(=O)O)[C@H]1CC=C2C3=C(CC[C@@]21C)[C@@]1(C)CCC(C(C)(C)C)C(C)(C)[C@@H]1CC3. The van der Waals surface area contributed by atoms with E-state index in [1.54, 1.807) is 16.7 Å². The first kappa shape index (κ1) is 28.1. The fourth-order valence-electron chi connectivity index (χ4n) is 10.1. The Morgan fingerprint density at radius 2 is 1.78 bits per heavy atom. The fourth-order valence-corrected chi connectivity index (χ4v) is 10.9. The predicted octanol–water partition coefficient (Wildman–Crippen LogP) is 8.68. The predicted molar refractivity (Wildman–Crippen MR) is 151 cm³/mol. The normalized spacial score (nSPS) is 37.6. The highest BCUT2D eigenvalue weighted by Crippen LogP contribution is 2.69. The lowest BCUT2D eigenvalue weighted by Crippen LogP contribution is -2.53. The van der Waals surface area contributed by atoms with E-state index in [1.807, 2.05) is 13.1 Å². The van der Waals surface area contributed by atoms with Crippen molar-refractivity contribution < 1.29 is 14.3 Å². The zero-order valence-corrected chi connectivity index (χ0v) is 25.9. The van der Waals surface area contributed by atoms with E-state index in [-0.39, 0.29) is 5.41 Å². The molecule has 0 aromatic heterocycles. The molecule has 4 aliphatic rings. The van der Waals surface area contributed by atoms with Gasteiger partial charge in [-0.05, 0) is 121 Å². The van der Waals surface area contributed by atoms with Gasteiger partial charge in [0.2, 0.25) is 9.04 Å². The minimum absolute atomic E-state index is 0.175. The highest BCUT2D eigenvalue weighted by atomic mass is 28.3. The molecule has 36 heavy (non-hydrogen) atoms. The van der Waals surface area contributed by atoms with E-state index in [1.165, 1.54) is 38.5 Å². The van der Waals surface area contributed by atoms with E-state index in [4.69, 9.17) is 4.43 Å². The zero-order chi connectivity index (χ0) is 26.8. The maximum absolute atomic E-state index is 11.9. The summed E-state index contributed by atoms with van der Waals surface area (Å²) in [6, 6.07) is 0. The van der Waals surface area contributed by atoms with Crippen molar-refractivity contribution in [2.75, 3.05) is 0 Å². The fraction of sp³-hybridized carbons (Fsp3) is 0.844. The van der Waals surface area contributed by atoms with E-state index >= 15 is 0 Å². The third-order valence-corrected chi connectivity index (χ3v) is 12.2. The summed E-state index contributed by atoms with van der Waals surface area (Å²) < 4.78 is 5.90. The Hall–Kier alpha value is -0.873. The second kappa shape index (κ2) is 9.40. The average molecular weight is 514 g/mol. The van der Waals surface area contributed by atoms with Crippen molar-refractivity contribution in [1.29, 1.82) is 0 Å². The lowest BCUT2D eigenvalue weighted by Gasteiger charge is -2.62. The van der Waals surface area contributed by atoms with Crippen LogP contribution in [-0.2, 0) is 9.22 Å². The number of carbonyl (C=O) groups is 1. The molecule has 0 bridgehead atoms. The standard InChI is InChI=1S/C32H53O3Si/c1-20(19-25(28(33)34)35-36(9)10)22-12-13-23-21-11-14-27-30(5,6)26(29(2,3)4)16-18-32(27,8)24(21)15-17-31(22,23)7/h13,20,22,25-27H,11-12,14-19H2,1-10H3,(H,33,34)/t20-,22-,25?,26?,27+,31-,32-/m1/s1. The number of fused-ring (bicyclic) bond motifs is 4. The molecule has 7 atom stereocenters. The van der Waals surface area contributed by atoms with Gasteiger partial charge in [0.15, 0.2) is 0 Å². The van der Waals surface area contributed by atoms with Crippen molar-refractivity contribution >= 4 is 15.0 Å². The van der Waals surface area contributed by atoms with Crippen molar-refractivity contribution in [2.24, 2.45) is 45.3 Å². The van der Waals surface area contributed by atoms with Crippen LogP contribution in [0.3, 0.4) is 0 Å². The van der Waals surface area contributed by atoms with Crippen LogP contribution in [0.4, 0.5) is 0 Å². The molecule has 2 unspecified atom stereocenters. The van der Waals surface area contributed by atoms with Gasteiger partial charge in [0.25, 0.3) is 0 Å². The van der Waals surface area contributed by atoms with Crippen LogP contribution < -0.4 is 0 Å². The molecule has 0 heterocycles. The number of carboxylic acid groups (broad SMARTS) is 1. The Balaban J connectivity index is 1.60. The summed E-state index contributed by atoms with van der Waals surface area (Å²) in [6.45, 7) is 24.0. The maximum atomic E-state index is 11.9. The summed E-state index contributed by atoms with van der Waals surface area (Å²) in [7, 11) is -1.04. The largest absolute Gasteiger partial charge is 0.479 e. The topological polar surface area (TPSA) is 46.5 Å². The van der Waals surface area contributed by atoms with Gasteiger partial charge in [-0.15, -0.1) is 0 Å². The molecule has 0 spiro atoms. The average Bonchev–Trinajstić information content (AvgIpc) is 3.08. The van der Waals surface area contributed by atoms with Gasteiger partial charge >= 0.3 is 5.97 Å². The van der Waals surface area contributed by atoms with Gasteiger partial charge in [0.1, 0.15) is 6.10 Å². The summed E-state index contributed by atoms with van der Waals surface area (Å²) in [4.78, 5) is 11.9. The van der Waals surface area contributed by atoms with Gasteiger partial charge in [-0.3, -0.25) is 0 Å². The molecule has 0 aliphatic heterocycles. The van der Waals surface area contributed by atoms with Gasteiger partial charge < -0.3 is 9.53 Å². The van der Waals surface area contributed by atoms with Crippen molar-refractivity contribution in [3.05, 3.63) is 22.8 Å². The molecule has 1 N–H and O–H groups in total. The molecule has 203 valence electrons. The monoisotopic (exact) mass is 513 g/mol. The molecule has 4 aliphatic carbocycles. The lowest BCUT2D eigenvalue weighted by atomic mass is 9.42. The first-order chi connectivity index (χ1) is 16.5. The number of carboxylic acids is 1. The van der Waals surface area contributed by atoms with Crippen LogP contribution in [-0.4, -0.2) is 26.2 Å². The summed E-state index contributed by atoms with van der Waals surface area (Å²) >= 11 is 0. The molecule has 1 fully saturated rings. The number of allylic oxidation sites excluding steroid dienone is 4. The highest BCUT2D eigenvalue weighted by molar-refractivity contribution is 6.48. The first-order valence-electron chi connectivity index (χ1n) is 14.7. The van der Waals surface area contributed by atoms with Crippen molar-refractivity contribution in [2.45, 2.75) is 126 Å². The molecular formula is C32H53O3Si. The lowest BCUT2D eigenvalue weighted by molar-refractivity contribution is -0.146. The Morgan fingerprint density at radius 3 is 2.36 bits per heavy atom. The van der Waals surface area contributed by atoms with E-state index in [0.29, 0.717) is 34.5 Å². The van der Waals surface area contributed by atoms with E-state index in [0.717, 1.165) is 18.3 Å². The second-order valence-corrected chi connectivity index (χ2v) is 17.2. The summed E-state index contributed by atoms with van der Waals surface area (Å²) in [5, 5.41) is 9.79. The van der Waals surface area contributed by atoms with Gasteiger partial charge in [-0.2, -0.15) is 0 Å². The third kappa shape index (κ3) is 4.50. The molecule has 4 heteroatoms. The van der Waals surface area contributed by atoms with Gasteiger partial charge in [0, 0.05) is 0 Å². The van der Waals surface area contributed by atoms with Crippen LogP contribution in [0.25, 0.3) is 0 Å². The molecule has 0 amide bonds. The van der Waals surface area contributed by atoms with Crippen molar-refractivity contribution in [1.82, 2.24) is 0 Å². The molecule has 4 rings (SSSR count). The quantitative estimate of drug-likeness (QED) is 0.361. The van der Waals surface area contributed by atoms with Crippen molar-refractivity contribution in [3.63, 3.8) is 0 Å². The number of hydrogen-bond acceptors (Lipinski definition) is 2. The van der Waals surface area contributed by atoms with E-state index in [2.05, 4.69) is 61.5 Å². The Labute approximate surface area is 223 Å². The Morgan fingerprint density at radius 1 is 1.11 bits per heavy atom. The van der Waals surface area contributed by atoms with Crippen LogP contribution >= 0.6 is 0 Å². The minimum Gasteiger partial charge on any atom is -0.479 e. The van der Waals surface area contributed by atoms with Crippen LogP contribution in [0.1, 0.15) is 107 Å². The first-order valence-corrected chi connectivity index (χ1v) is 17.1. The Kier molecular flexibility index (Phi) is 7.35. The molecule has 1 radical (unpaired) electrons. The maximum Gasteiger partial charge on any atom is 0.331 e. The molecule has 0 aromatic rings. The summed E-state index contributed by atoms with van der Waals surface area (Å²) in [6.07, 6.45) is 11.3. The zero-order valence-electron chi connectivity index (χ0n) is 24.9.